The van der Waals surface area contributed by atoms with Gasteiger partial charge in [-0.15, -0.1) is 0 Å². The molecule has 0 heterocycles. The van der Waals surface area contributed by atoms with Gasteiger partial charge >= 0.3 is 0 Å². The molecule has 0 fully saturated rings. The van der Waals surface area contributed by atoms with E-state index in [1.165, 1.54) is 0 Å². The second kappa shape index (κ2) is 8.23. The highest BCUT2D eigenvalue weighted by molar-refractivity contribution is 5.56. The third-order valence-corrected chi connectivity index (χ3v) is 4.31. The van der Waals surface area contributed by atoms with Crippen LogP contribution < -0.4 is 14.2 Å². The van der Waals surface area contributed by atoms with E-state index >= 15 is 0 Å². The predicted octanol–water partition coefficient (Wildman–Crippen LogP) is 2.90. The molecule has 0 saturated carbocycles. The van der Waals surface area contributed by atoms with E-state index in [1.54, 1.807) is 21.3 Å². The summed E-state index contributed by atoms with van der Waals surface area (Å²) >= 11 is 0. The lowest BCUT2D eigenvalue weighted by Crippen LogP contribution is -2.32. The second-order valence-corrected chi connectivity index (χ2v) is 6.19. The topological polar surface area (TPSA) is 51.2 Å². The van der Waals surface area contributed by atoms with Gasteiger partial charge in [0.2, 0.25) is 5.75 Å². The van der Waals surface area contributed by atoms with Crippen molar-refractivity contribution in [2.75, 3.05) is 42.0 Å². The third-order valence-electron chi connectivity index (χ3n) is 4.31. The normalized spacial score (nSPS) is 13.4. The Morgan fingerprint density at radius 2 is 1.44 bits per heavy atom. The van der Waals surface area contributed by atoms with E-state index in [4.69, 9.17) is 14.2 Å². The van der Waals surface area contributed by atoms with Gasteiger partial charge in [-0.25, -0.2) is 0 Å². The Labute approximate surface area is 149 Å². The van der Waals surface area contributed by atoms with Crippen LogP contribution in [0.5, 0.6) is 17.2 Å². The average Bonchev–Trinajstić information content (AvgIpc) is 2.65. The third kappa shape index (κ3) is 4.06. The SMILES string of the molecule is COc1cc([C@](O)(CCN(C)C)c2ccccc2)cc(OC)c1OC. The van der Waals surface area contributed by atoms with Crippen molar-refractivity contribution in [1.82, 2.24) is 4.90 Å². The van der Waals surface area contributed by atoms with E-state index in [-0.39, 0.29) is 0 Å². The van der Waals surface area contributed by atoms with Crippen LogP contribution in [-0.2, 0) is 5.60 Å². The molecule has 0 saturated heterocycles. The number of benzene rings is 2. The summed E-state index contributed by atoms with van der Waals surface area (Å²) in [4.78, 5) is 2.05. The molecule has 0 amide bonds. The Morgan fingerprint density at radius 3 is 1.88 bits per heavy atom. The van der Waals surface area contributed by atoms with E-state index in [1.807, 2.05) is 61.5 Å². The van der Waals surface area contributed by atoms with Gasteiger partial charge in [0.15, 0.2) is 11.5 Å². The molecule has 5 nitrogen and oxygen atoms in total. The molecule has 0 radical (unpaired) electrons. The summed E-state index contributed by atoms with van der Waals surface area (Å²) in [6, 6.07) is 13.3. The zero-order valence-electron chi connectivity index (χ0n) is 15.6. The number of methoxy groups -OCH3 is 3. The number of rotatable bonds is 8. The fourth-order valence-corrected chi connectivity index (χ4v) is 2.87. The van der Waals surface area contributed by atoms with Crippen molar-refractivity contribution in [3.8, 4) is 17.2 Å². The zero-order valence-corrected chi connectivity index (χ0v) is 15.6. The van der Waals surface area contributed by atoms with Crippen LogP contribution in [0.15, 0.2) is 42.5 Å². The average molecular weight is 345 g/mol. The highest BCUT2D eigenvalue weighted by Crippen LogP contribution is 2.43. The minimum Gasteiger partial charge on any atom is -0.493 e. The lowest BCUT2D eigenvalue weighted by molar-refractivity contribution is 0.0623. The van der Waals surface area contributed by atoms with E-state index < -0.39 is 5.60 Å². The van der Waals surface area contributed by atoms with Crippen molar-refractivity contribution < 1.29 is 19.3 Å². The maximum absolute atomic E-state index is 11.6. The molecule has 5 heteroatoms. The molecule has 2 rings (SSSR count). The first-order chi connectivity index (χ1) is 12.0. The summed E-state index contributed by atoms with van der Waals surface area (Å²) in [7, 11) is 8.68. The Bertz CT molecular complexity index is 662. The number of hydrogen-bond donors (Lipinski definition) is 1. The van der Waals surface area contributed by atoms with Gasteiger partial charge in [0.05, 0.1) is 21.3 Å². The van der Waals surface area contributed by atoms with Crippen LogP contribution in [0.2, 0.25) is 0 Å². The largest absolute Gasteiger partial charge is 0.493 e. The molecule has 25 heavy (non-hydrogen) atoms. The van der Waals surface area contributed by atoms with Crippen molar-refractivity contribution in [1.29, 1.82) is 0 Å². The molecule has 0 aliphatic carbocycles. The molecule has 0 aliphatic heterocycles. The summed E-state index contributed by atoms with van der Waals surface area (Å²) in [5.74, 6) is 1.56. The smallest absolute Gasteiger partial charge is 0.203 e. The van der Waals surface area contributed by atoms with Crippen LogP contribution >= 0.6 is 0 Å². The minimum absolute atomic E-state index is 0.511. The lowest BCUT2D eigenvalue weighted by atomic mass is 9.83. The second-order valence-electron chi connectivity index (χ2n) is 6.19. The standard InChI is InChI=1S/C20H27NO4/c1-21(2)12-11-20(22,15-9-7-6-8-10-15)16-13-17(23-3)19(25-5)18(14-16)24-4/h6-10,13-14,22H,11-12H2,1-5H3/t20-/m0/s1. The van der Waals surface area contributed by atoms with Gasteiger partial charge < -0.3 is 24.2 Å². The Kier molecular flexibility index (Phi) is 6.28. The molecule has 2 aromatic carbocycles. The van der Waals surface area contributed by atoms with Gasteiger partial charge in [-0.1, -0.05) is 30.3 Å². The fraction of sp³-hybridized carbons (Fsp3) is 0.400. The first-order valence-electron chi connectivity index (χ1n) is 8.19. The monoisotopic (exact) mass is 345 g/mol. The van der Waals surface area contributed by atoms with Crippen LogP contribution in [0.25, 0.3) is 0 Å². The van der Waals surface area contributed by atoms with Crippen LogP contribution in [0.3, 0.4) is 0 Å². The van der Waals surface area contributed by atoms with Crippen LogP contribution in [0.1, 0.15) is 17.5 Å². The summed E-state index contributed by atoms with van der Waals surface area (Å²) < 4.78 is 16.3. The van der Waals surface area contributed by atoms with E-state index in [0.29, 0.717) is 29.2 Å². The fourth-order valence-electron chi connectivity index (χ4n) is 2.87. The summed E-state index contributed by atoms with van der Waals surface area (Å²) in [5, 5.41) is 11.6. The molecule has 0 unspecified atom stereocenters. The summed E-state index contributed by atoms with van der Waals surface area (Å²) in [6.45, 7) is 0.724. The number of ether oxygens (including phenoxy) is 3. The molecule has 0 spiro atoms. The van der Waals surface area contributed by atoms with E-state index in [9.17, 15) is 5.11 Å². The highest BCUT2D eigenvalue weighted by Gasteiger charge is 2.33. The first-order valence-corrected chi connectivity index (χ1v) is 8.19. The Morgan fingerprint density at radius 1 is 0.880 bits per heavy atom. The van der Waals surface area contributed by atoms with Crippen LogP contribution in [0.4, 0.5) is 0 Å². The molecule has 1 atom stereocenters. The molecular weight excluding hydrogens is 318 g/mol. The molecule has 0 aliphatic rings. The van der Waals surface area contributed by atoms with Crippen LogP contribution in [-0.4, -0.2) is 52.0 Å². The van der Waals surface area contributed by atoms with Crippen molar-refractivity contribution >= 4 is 0 Å². The minimum atomic E-state index is -1.17. The summed E-state index contributed by atoms with van der Waals surface area (Å²) in [5.41, 5.74) is 0.361. The first kappa shape index (κ1) is 19.1. The maximum atomic E-state index is 11.6. The van der Waals surface area contributed by atoms with Crippen molar-refractivity contribution in [3.63, 3.8) is 0 Å². The van der Waals surface area contributed by atoms with Crippen LogP contribution in [0, 0.1) is 0 Å². The molecule has 136 valence electrons. The molecule has 1 N–H and O–H groups in total. The zero-order chi connectivity index (χ0) is 18.4. The number of nitrogens with zero attached hydrogens (tertiary/aromatic N) is 1. The molecule has 2 aromatic rings. The van der Waals surface area contributed by atoms with Gasteiger partial charge in [0.1, 0.15) is 5.60 Å². The van der Waals surface area contributed by atoms with Crippen molar-refractivity contribution in [2.45, 2.75) is 12.0 Å². The van der Waals surface area contributed by atoms with Gasteiger partial charge in [-0.05, 0) is 43.8 Å². The predicted molar refractivity (Wildman–Crippen MR) is 98.7 cm³/mol. The van der Waals surface area contributed by atoms with Crippen molar-refractivity contribution in [2.24, 2.45) is 0 Å². The van der Waals surface area contributed by atoms with E-state index in [2.05, 4.69) is 0 Å². The van der Waals surface area contributed by atoms with Gasteiger partial charge in [0, 0.05) is 6.54 Å². The lowest BCUT2D eigenvalue weighted by Gasteiger charge is -2.31. The van der Waals surface area contributed by atoms with Gasteiger partial charge in [-0.3, -0.25) is 0 Å². The molecular formula is C20H27NO4. The Hall–Kier alpha value is -2.24. The molecule has 0 bridgehead atoms. The number of aliphatic hydroxyl groups is 1. The van der Waals surface area contributed by atoms with E-state index in [0.717, 1.165) is 12.1 Å². The molecule has 0 aromatic heterocycles. The van der Waals surface area contributed by atoms with Crippen molar-refractivity contribution in [3.05, 3.63) is 53.6 Å². The maximum Gasteiger partial charge on any atom is 0.203 e. The quantitative estimate of drug-likeness (QED) is 0.797. The van der Waals surface area contributed by atoms with Gasteiger partial charge in [0.25, 0.3) is 0 Å². The number of hydrogen-bond acceptors (Lipinski definition) is 5. The highest BCUT2D eigenvalue weighted by atomic mass is 16.5. The Balaban J connectivity index is 2.61. The summed E-state index contributed by atoms with van der Waals surface area (Å²) in [6.07, 6.45) is 0.530. The van der Waals surface area contributed by atoms with Gasteiger partial charge in [-0.2, -0.15) is 0 Å².